The number of carbonyl (C=O) groups is 2. The van der Waals surface area contributed by atoms with Crippen molar-refractivity contribution in [1.82, 2.24) is 15.1 Å². The summed E-state index contributed by atoms with van der Waals surface area (Å²) in [6.07, 6.45) is 3.51. The number of carboxylic acids is 1. The van der Waals surface area contributed by atoms with Gasteiger partial charge in [-0.15, -0.1) is 0 Å². The van der Waals surface area contributed by atoms with Crippen LogP contribution in [0.3, 0.4) is 0 Å². The number of aromatic nitrogens is 2. The zero-order chi connectivity index (χ0) is 19.7. The SMILES string of the molecule is Cc1ccccc1-n1nc(C(=O)NCC2(C(=O)O)CCOCC2)c2c1CCC2. The smallest absolute Gasteiger partial charge is 0.311 e. The van der Waals surface area contributed by atoms with E-state index < -0.39 is 11.4 Å². The van der Waals surface area contributed by atoms with Gasteiger partial charge in [-0.2, -0.15) is 5.10 Å². The van der Waals surface area contributed by atoms with Gasteiger partial charge in [0.1, 0.15) is 0 Å². The number of fused-ring (bicyclic) bond motifs is 1. The molecule has 0 saturated carbocycles. The Bertz CT molecular complexity index is 912. The van der Waals surface area contributed by atoms with Gasteiger partial charge in [-0.3, -0.25) is 9.59 Å². The molecular formula is C21H25N3O4. The predicted molar refractivity (Wildman–Crippen MR) is 103 cm³/mol. The van der Waals surface area contributed by atoms with Gasteiger partial charge in [-0.1, -0.05) is 18.2 Å². The molecule has 1 aromatic heterocycles. The van der Waals surface area contributed by atoms with Gasteiger partial charge in [0.05, 0.1) is 11.1 Å². The highest BCUT2D eigenvalue weighted by Crippen LogP contribution is 2.31. The summed E-state index contributed by atoms with van der Waals surface area (Å²) in [5.74, 6) is -1.18. The number of nitrogens with one attached hydrogen (secondary N) is 1. The molecule has 7 heteroatoms. The highest BCUT2D eigenvalue weighted by Gasteiger charge is 2.41. The number of carbonyl (C=O) groups excluding carboxylic acids is 1. The molecule has 2 heterocycles. The van der Waals surface area contributed by atoms with E-state index in [0.717, 1.165) is 41.8 Å². The first-order chi connectivity index (χ1) is 13.5. The van der Waals surface area contributed by atoms with Crippen molar-refractivity contribution >= 4 is 11.9 Å². The number of hydrogen-bond acceptors (Lipinski definition) is 4. The van der Waals surface area contributed by atoms with Crippen molar-refractivity contribution < 1.29 is 19.4 Å². The maximum atomic E-state index is 12.9. The molecule has 1 amide bonds. The first-order valence-electron chi connectivity index (χ1n) is 9.78. The van der Waals surface area contributed by atoms with Crippen LogP contribution in [0.4, 0.5) is 0 Å². The lowest BCUT2D eigenvalue weighted by atomic mass is 9.80. The molecule has 0 radical (unpaired) electrons. The van der Waals surface area contributed by atoms with Crippen LogP contribution in [0.5, 0.6) is 0 Å². The average molecular weight is 383 g/mol. The second-order valence-electron chi connectivity index (χ2n) is 7.71. The average Bonchev–Trinajstić information content (AvgIpc) is 3.30. The molecule has 2 aliphatic rings. The zero-order valence-electron chi connectivity index (χ0n) is 16.0. The Labute approximate surface area is 163 Å². The fourth-order valence-corrected chi connectivity index (χ4v) is 4.18. The number of nitrogens with zero attached hydrogens (tertiary/aromatic N) is 2. The second kappa shape index (κ2) is 7.39. The number of para-hydroxylation sites is 1. The van der Waals surface area contributed by atoms with E-state index in [0.29, 0.717) is 31.7 Å². The molecule has 7 nitrogen and oxygen atoms in total. The van der Waals surface area contributed by atoms with Crippen molar-refractivity contribution in [3.8, 4) is 5.69 Å². The molecule has 148 valence electrons. The molecule has 0 unspecified atom stereocenters. The van der Waals surface area contributed by atoms with E-state index >= 15 is 0 Å². The minimum atomic E-state index is -0.963. The van der Waals surface area contributed by atoms with E-state index in [9.17, 15) is 14.7 Å². The van der Waals surface area contributed by atoms with Crippen LogP contribution in [0.25, 0.3) is 5.69 Å². The van der Waals surface area contributed by atoms with Crippen LogP contribution in [0, 0.1) is 12.3 Å². The van der Waals surface area contributed by atoms with Crippen molar-refractivity contribution in [3.05, 3.63) is 46.8 Å². The quantitative estimate of drug-likeness (QED) is 0.826. The normalized spacial score (nSPS) is 17.9. The number of aryl methyl sites for hydroxylation is 1. The van der Waals surface area contributed by atoms with Crippen molar-refractivity contribution in [2.45, 2.75) is 39.0 Å². The van der Waals surface area contributed by atoms with E-state index in [1.807, 2.05) is 35.9 Å². The van der Waals surface area contributed by atoms with Crippen molar-refractivity contribution in [3.63, 3.8) is 0 Å². The van der Waals surface area contributed by atoms with Gasteiger partial charge in [0.2, 0.25) is 0 Å². The zero-order valence-corrected chi connectivity index (χ0v) is 16.0. The second-order valence-corrected chi connectivity index (χ2v) is 7.71. The summed E-state index contributed by atoms with van der Waals surface area (Å²) in [4.78, 5) is 24.7. The van der Waals surface area contributed by atoms with Gasteiger partial charge < -0.3 is 15.2 Å². The van der Waals surface area contributed by atoms with Gasteiger partial charge in [0.25, 0.3) is 5.91 Å². The van der Waals surface area contributed by atoms with Gasteiger partial charge in [-0.05, 0) is 50.7 Å². The minimum Gasteiger partial charge on any atom is -0.481 e. The third kappa shape index (κ3) is 3.20. The van der Waals surface area contributed by atoms with Crippen LogP contribution in [0.2, 0.25) is 0 Å². The molecule has 28 heavy (non-hydrogen) atoms. The Morgan fingerprint density at radius 2 is 2.00 bits per heavy atom. The number of hydrogen-bond donors (Lipinski definition) is 2. The van der Waals surface area contributed by atoms with Crippen molar-refractivity contribution in [2.24, 2.45) is 5.41 Å². The molecule has 1 aliphatic heterocycles. The topological polar surface area (TPSA) is 93.5 Å². The van der Waals surface area contributed by atoms with E-state index in [1.165, 1.54) is 0 Å². The Balaban J connectivity index is 1.59. The Kier molecular flexibility index (Phi) is 4.93. The highest BCUT2D eigenvalue weighted by atomic mass is 16.5. The highest BCUT2D eigenvalue weighted by molar-refractivity contribution is 5.94. The molecule has 0 bridgehead atoms. The molecule has 0 atom stereocenters. The standard InChI is InChI=1S/C21H25N3O4/c1-14-5-2-3-7-16(14)24-17-8-4-6-15(17)18(23-24)19(25)22-13-21(20(26)27)9-11-28-12-10-21/h2-3,5,7H,4,6,8-13H2,1H3,(H,22,25)(H,26,27). The first kappa shape index (κ1) is 18.7. The third-order valence-electron chi connectivity index (χ3n) is 5.98. The summed E-state index contributed by atoms with van der Waals surface area (Å²) in [6, 6.07) is 7.98. The Morgan fingerprint density at radius 3 is 2.71 bits per heavy atom. The molecule has 1 fully saturated rings. The maximum absolute atomic E-state index is 12.9. The molecular weight excluding hydrogens is 358 g/mol. The number of carboxylic acid groups (broad SMARTS) is 1. The van der Waals surface area contributed by atoms with E-state index in [2.05, 4.69) is 10.4 Å². The van der Waals surface area contributed by atoms with Crippen LogP contribution in [-0.2, 0) is 22.4 Å². The lowest BCUT2D eigenvalue weighted by molar-refractivity contribution is -0.154. The van der Waals surface area contributed by atoms with Crippen molar-refractivity contribution in [1.29, 1.82) is 0 Å². The Morgan fingerprint density at radius 1 is 1.25 bits per heavy atom. The van der Waals surface area contributed by atoms with E-state index in [-0.39, 0.29) is 12.5 Å². The number of rotatable bonds is 5. The van der Waals surface area contributed by atoms with E-state index in [1.54, 1.807) is 0 Å². The number of amides is 1. The third-order valence-corrected chi connectivity index (χ3v) is 5.98. The molecule has 2 aromatic rings. The van der Waals surface area contributed by atoms with Crippen molar-refractivity contribution in [2.75, 3.05) is 19.8 Å². The first-order valence-corrected chi connectivity index (χ1v) is 9.78. The van der Waals surface area contributed by atoms with Crippen LogP contribution in [-0.4, -0.2) is 46.5 Å². The molecule has 4 rings (SSSR count). The summed E-state index contributed by atoms with van der Waals surface area (Å²) in [5.41, 5.74) is 3.60. The fraction of sp³-hybridized carbons (Fsp3) is 0.476. The van der Waals surface area contributed by atoms with Gasteiger partial charge >= 0.3 is 5.97 Å². The number of benzene rings is 1. The molecule has 0 spiro atoms. The molecule has 1 aliphatic carbocycles. The van der Waals surface area contributed by atoms with Crippen LogP contribution >= 0.6 is 0 Å². The van der Waals surface area contributed by atoms with Crippen LogP contribution < -0.4 is 5.32 Å². The number of aliphatic carboxylic acids is 1. The predicted octanol–water partition coefficient (Wildman–Crippen LogP) is 2.28. The summed E-state index contributed by atoms with van der Waals surface area (Å²) in [6.45, 7) is 2.93. The number of ether oxygens (including phenoxy) is 1. The summed E-state index contributed by atoms with van der Waals surface area (Å²) >= 11 is 0. The van der Waals surface area contributed by atoms with Gasteiger partial charge in [-0.25, -0.2) is 4.68 Å². The van der Waals surface area contributed by atoms with Crippen LogP contribution in [0.1, 0.15) is 46.6 Å². The fourth-order valence-electron chi connectivity index (χ4n) is 4.18. The summed E-state index contributed by atoms with van der Waals surface area (Å²) < 4.78 is 7.18. The molecule has 2 N–H and O–H groups in total. The monoisotopic (exact) mass is 383 g/mol. The summed E-state index contributed by atoms with van der Waals surface area (Å²) in [7, 11) is 0. The van der Waals surface area contributed by atoms with E-state index in [4.69, 9.17) is 4.74 Å². The molecule has 1 aromatic carbocycles. The summed E-state index contributed by atoms with van der Waals surface area (Å²) in [5, 5.41) is 17.2. The Hall–Kier alpha value is -2.67. The lowest BCUT2D eigenvalue weighted by Gasteiger charge is -2.33. The maximum Gasteiger partial charge on any atom is 0.311 e. The van der Waals surface area contributed by atoms with Crippen LogP contribution in [0.15, 0.2) is 24.3 Å². The molecule has 1 saturated heterocycles. The van der Waals surface area contributed by atoms with Gasteiger partial charge in [0.15, 0.2) is 5.69 Å². The van der Waals surface area contributed by atoms with Gasteiger partial charge in [0, 0.05) is 31.0 Å². The largest absolute Gasteiger partial charge is 0.481 e. The lowest BCUT2D eigenvalue weighted by Crippen LogP contribution is -2.46. The minimum absolute atomic E-state index is 0.0938.